The van der Waals surface area contributed by atoms with Gasteiger partial charge in [0.15, 0.2) is 5.13 Å². The van der Waals surface area contributed by atoms with Crippen LogP contribution in [0.3, 0.4) is 0 Å². The summed E-state index contributed by atoms with van der Waals surface area (Å²) in [5, 5.41) is 5.60. The van der Waals surface area contributed by atoms with Gasteiger partial charge in [-0.05, 0) is 59.0 Å². The molecule has 0 atom stereocenters. The number of benzene rings is 2. The van der Waals surface area contributed by atoms with Gasteiger partial charge in [-0.2, -0.15) is 0 Å². The van der Waals surface area contributed by atoms with Crippen LogP contribution in [0.15, 0.2) is 36.4 Å². The van der Waals surface area contributed by atoms with Crippen LogP contribution in [0.1, 0.15) is 0 Å². The van der Waals surface area contributed by atoms with E-state index in [4.69, 9.17) is 23.2 Å². The number of nitrogens with zero attached hydrogens (tertiary/aromatic N) is 1. The van der Waals surface area contributed by atoms with E-state index >= 15 is 0 Å². The smallest absolute Gasteiger partial charge is 0.188 e. The Labute approximate surface area is 137 Å². The Morgan fingerprint density at radius 3 is 2.58 bits per heavy atom. The summed E-state index contributed by atoms with van der Waals surface area (Å²) < 4.78 is 2.13. The maximum absolute atomic E-state index is 5.97. The summed E-state index contributed by atoms with van der Waals surface area (Å²) in [6, 6.07) is 11.4. The molecule has 96 valence electrons. The normalized spacial score (nSPS) is 10.9. The van der Waals surface area contributed by atoms with Gasteiger partial charge in [0.2, 0.25) is 0 Å². The molecular formula is C13H7Cl2IN2S. The lowest BCUT2D eigenvalue weighted by atomic mass is 10.3. The van der Waals surface area contributed by atoms with Crippen LogP contribution in [0.5, 0.6) is 0 Å². The van der Waals surface area contributed by atoms with Gasteiger partial charge in [0.05, 0.1) is 15.9 Å². The molecule has 0 radical (unpaired) electrons. The van der Waals surface area contributed by atoms with E-state index < -0.39 is 0 Å². The van der Waals surface area contributed by atoms with Crippen molar-refractivity contribution < 1.29 is 0 Å². The van der Waals surface area contributed by atoms with Crippen LogP contribution in [0, 0.1) is 3.57 Å². The molecule has 0 amide bonds. The molecule has 0 fully saturated rings. The highest BCUT2D eigenvalue weighted by molar-refractivity contribution is 14.1. The highest BCUT2D eigenvalue weighted by Crippen LogP contribution is 2.32. The van der Waals surface area contributed by atoms with Crippen LogP contribution >= 0.6 is 57.1 Å². The molecule has 0 saturated heterocycles. The summed E-state index contributed by atoms with van der Waals surface area (Å²) in [6.45, 7) is 0. The molecule has 1 aromatic heterocycles. The van der Waals surface area contributed by atoms with E-state index in [1.54, 1.807) is 11.3 Å². The SMILES string of the molecule is Clc1ccc(Nc2nc3ccc(Cl)cc3s2)c(I)c1. The van der Waals surface area contributed by atoms with E-state index in [1.807, 2.05) is 36.4 Å². The van der Waals surface area contributed by atoms with Gasteiger partial charge in [-0.3, -0.25) is 0 Å². The Morgan fingerprint density at radius 1 is 1.05 bits per heavy atom. The number of hydrogen-bond donors (Lipinski definition) is 1. The van der Waals surface area contributed by atoms with Crippen molar-refractivity contribution in [3.8, 4) is 0 Å². The molecule has 0 saturated carbocycles. The number of aromatic nitrogens is 1. The van der Waals surface area contributed by atoms with Crippen molar-refractivity contribution in [1.82, 2.24) is 4.98 Å². The maximum atomic E-state index is 5.97. The van der Waals surface area contributed by atoms with Crippen molar-refractivity contribution in [2.24, 2.45) is 0 Å². The van der Waals surface area contributed by atoms with Crippen LogP contribution in [0.2, 0.25) is 10.0 Å². The number of anilines is 2. The second-order valence-corrected chi connectivity index (χ2v) is 6.95. The maximum Gasteiger partial charge on any atom is 0.188 e. The molecule has 2 aromatic carbocycles. The molecule has 0 aliphatic rings. The Morgan fingerprint density at radius 2 is 1.79 bits per heavy atom. The highest BCUT2D eigenvalue weighted by Gasteiger charge is 2.06. The van der Waals surface area contributed by atoms with E-state index in [2.05, 4.69) is 32.9 Å². The minimum atomic E-state index is 0.726. The second kappa shape index (κ2) is 5.44. The van der Waals surface area contributed by atoms with Gasteiger partial charge in [0, 0.05) is 13.6 Å². The third-order valence-electron chi connectivity index (χ3n) is 2.52. The van der Waals surface area contributed by atoms with Crippen LogP contribution < -0.4 is 5.32 Å². The fourth-order valence-electron chi connectivity index (χ4n) is 1.66. The van der Waals surface area contributed by atoms with Gasteiger partial charge in [-0.15, -0.1) is 0 Å². The monoisotopic (exact) mass is 420 g/mol. The molecule has 0 aliphatic heterocycles. The highest BCUT2D eigenvalue weighted by atomic mass is 127. The zero-order valence-electron chi connectivity index (χ0n) is 9.45. The summed E-state index contributed by atoms with van der Waals surface area (Å²) in [6.07, 6.45) is 0. The zero-order valence-corrected chi connectivity index (χ0v) is 13.9. The van der Waals surface area contributed by atoms with Gasteiger partial charge in [0.25, 0.3) is 0 Å². The number of nitrogens with one attached hydrogen (secondary N) is 1. The van der Waals surface area contributed by atoms with Gasteiger partial charge in [0.1, 0.15) is 0 Å². The third kappa shape index (κ3) is 2.97. The molecule has 0 unspecified atom stereocenters. The lowest BCUT2D eigenvalue weighted by Crippen LogP contribution is -1.91. The summed E-state index contributed by atoms with van der Waals surface area (Å²) >= 11 is 15.7. The minimum absolute atomic E-state index is 0.726. The molecule has 0 bridgehead atoms. The lowest BCUT2D eigenvalue weighted by molar-refractivity contribution is 1.43. The minimum Gasteiger partial charge on any atom is -0.331 e. The lowest BCUT2D eigenvalue weighted by Gasteiger charge is -2.05. The molecular weight excluding hydrogens is 414 g/mol. The fraction of sp³-hybridized carbons (Fsp3) is 0. The Hall–Kier alpha value is -0.560. The largest absolute Gasteiger partial charge is 0.331 e. The molecule has 3 aromatic rings. The number of hydrogen-bond acceptors (Lipinski definition) is 3. The van der Waals surface area contributed by atoms with Crippen LogP contribution in [-0.4, -0.2) is 4.98 Å². The molecule has 3 rings (SSSR count). The fourth-order valence-corrected chi connectivity index (χ4v) is 3.82. The summed E-state index contributed by atoms with van der Waals surface area (Å²) in [7, 11) is 0. The summed E-state index contributed by atoms with van der Waals surface area (Å²) in [4.78, 5) is 4.53. The summed E-state index contributed by atoms with van der Waals surface area (Å²) in [5.74, 6) is 0. The number of fused-ring (bicyclic) bond motifs is 1. The predicted molar refractivity (Wildman–Crippen MR) is 92.1 cm³/mol. The number of thiazole rings is 1. The number of halogens is 3. The first-order valence-corrected chi connectivity index (χ1v) is 8.05. The standard InChI is InChI=1S/C13H7Cl2IN2S/c14-7-1-3-10(9(16)5-7)17-13-18-11-4-2-8(15)6-12(11)19-13/h1-6H,(H,17,18). The average molecular weight is 421 g/mol. The van der Waals surface area contributed by atoms with E-state index in [-0.39, 0.29) is 0 Å². The molecule has 0 spiro atoms. The molecule has 2 nitrogen and oxygen atoms in total. The van der Waals surface area contributed by atoms with Crippen molar-refractivity contribution in [3.63, 3.8) is 0 Å². The van der Waals surface area contributed by atoms with Crippen molar-refractivity contribution in [2.75, 3.05) is 5.32 Å². The Kier molecular flexibility index (Phi) is 3.84. The predicted octanol–water partition coefficient (Wildman–Crippen LogP) is 5.95. The quantitative estimate of drug-likeness (QED) is 0.518. The molecule has 19 heavy (non-hydrogen) atoms. The van der Waals surface area contributed by atoms with Crippen molar-refractivity contribution in [2.45, 2.75) is 0 Å². The van der Waals surface area contributed by atoms with Gasteiger partial charge < -0.3 is 5.32 Å². The molecule has 1 N–H and O–H groups in total. The van der Waals surface area contributed by atoms with E-state index in [0.717, 1.165) is 34.7 Å². The van der Waals surface area contributed by atoms with Crippen LogP contribution in [0.25, 0.3) is 10.2 Å². The number of rotatable bonds is 2. The van der Waals surface area contributed by atoms with E-state index in [9.17, 15) is 0 Å². The average Bonchev–Trinajstić information content (AvgIpc) is 2.74. The van der Waals surface area contributed by atoms with Crippen molar-refractivity contribution >= 4 is 78.2 Å². The van der Waals surface area contributed by atoms with Gasteiger partial charge in [-0.25, -0.2) is 4.98 Å². The summed E-state index contributed by atoms with van der Waals surface area (Å²) in [5.41, 5.74) is 1.94. The first kappa shape index (κ1) is 13.4. The van der Waals surface area contributed by atoms with E-state index in [0.29, 0.717) is 0 Å². The first-order chi connectivity index (χ1) is 9.11. The Bertz CT molecular complexity index is 757. The molecule has 6 heteroatoms. The Balaban J connectivity index is 1.96. The van der Waals surface area contributed by atoms with Crippen molar-refractivity contribution in [1.29, 1.82) is 0 Å². The van der Waals surface area contributed by atoms with E-state index in [1.165, 1.54) is 0 Å². The van der Waals surface area contributed by atoms with Crippen LogP contribution in [0.4, 0.5) is 10.8 Å². The zero-order chi connectivity index (χ0) is 13.4. The molecule has 1 heterocycles. The topological polar surface area (TPSA) is 24.9 Å². The third-order valence-corrected chi connectivity index (χ3v) is 4.82. The first-order valence-electron chi connectivity index (χ1n) is 5.40. The second-order valence-electron chi connectivity index (χ2n) is 3.88. The molecule has 0 aliphatic carbocycles. The van der Waals surface area contributed by atoms with Crippen LogP contribution in [-0.2, 0) is 0 Å². The van der Waals surface area contributed by atoms with Gasteiger partial charge in [-0.1, -0.05) is 34.5 Å². The van der Waals surface area contributed by atoms with Gasteiger partial charge >= 0.3 is 0 Å². The van der Waals surface area contributed by atoms with Crippen molar-refractivity contribution in [3.05, 3.63) is 50.0 Å².